The van der Waals surface area contributed by atoms with Crippen molar-refractivity contribution in [3.05, 3.63) is 230 Å². The van der Waals surface area contributed by atoms with Crippen molar-refractivity contribution in [1.82, 2.24) is 9.13 Å². The fourth-order valence-corrected chi connectivity index (χ4v) is 8.33. The van der Waals surface area contributed by atoms with Crippen LogP contribution in [-0.2, 0) is 5.41 Å². The van der Waals surface area contributed by atoms with E-state index in [1.807, 2.05) is 30.3 Å². The topological polar surface area (TPSA) is 23.0 Å². The van der Waals surface area contributed by atoms with Crippen LogP contribution in [0.1, 0.15) is 45.5 Å². The van der Waals surface area contributed by atoms with Crippen LogP contribution < -0.4 is 9.30 Å². The second-order valence-electron chi connectivity index (χ2n) is 16.2. The van der Waals surface area contributed by atoms with Crippen molar-refractivity contribution in [1.29, 1.82) is 0 Å². The number of hydrogen-bond donors (Lipinski definition) is 0. The molecule has 0 fully saturated rings. The summed E-state index contributed by atoms with van der Waals surface area (Å²) in [5.74, 6) is 0.965. The lowest BCUT2D eigenvalue weighted by Crippen LogP contribution is -2.32. The molecule has 9 aromatic carbocycles. The highest BCUT2D eigenvalue weighted by Crippen LogP contribution is 2.39. The van der Waals surface area contributed by atoms with E-state index in [9.17, 15) is 5.48 Å². The second-order valence-corrected chi connectivity index (χ2v) is 16.2. The molecule has 2 aromatic heterocycles. The summed E-state index contributed by atoms with van der Waals surface area (Å²) in [6, 6.07) is 33.1. The molecule has 0 aliphatic rings. The molecule has 2 heterocycles. The third-order valence-corrected chi connectivity index (χ3v) is 11.2. The summed E-state index contributed by atoms with van der Waals surface area (Å²) in [7, 11) is 0. The summed E-state index contributed by atoms with van der Waals surface area (Å²) >= 11 is 0. The largest absolute Gasteiger partial charge is 0.458 e. The zero-order valence-corrected chi connectivity index (χ0v) is 34.5. The molecule has 0 saturated carbocycles. The zero-order chi connectivity index (χ0) is 54.7. The minimum Gasteiger partial charge on any atom is -0.458 e. The van der Waals surface area contributed by atoms with E-state index in [4.69, 9.17) is 18.4 Å². The van der Waals surface area contributed by atoms with Crippen LogP contribution in [0.25, 0.3) is 83.3 Å². The summed E-state index contributed by atoms with van der Waals surface area (Å²) in [6.07, 6.45) is 3.42. The summed E-state index contributed by atoms with van der Waals surface area (Å²) in [5.41, 5.74) is 5.02. The molecular weight excluding hydrogens is 767 g/mol. The van der Waals surface area contributed by atoms with Crippen LogP contribution in [0, 0.1) is 6.33 Å². The number of hydrogen-bond acceptors (Lipinski definition) is 1. The van der Waals surface area contributed by atoms with Gasteiger partial charge in [-0.15, -0.1) is 0 Å². The molecule has 0 aliphatic carbocycles. The maximum absolute atomic E-state index is 9.18. The molecule has 0 spiro atoms. The van der Waals surface area contributed by atoms with Gasteiger partial charge in [0.25, 0.3) is 6.33 Å². The van der Waals surface area contributed by atoms with Crippen LogP contribution in [0.3, 0.4) is 0 Å². The number of aromatic nitrogens is 3. The van der Waals surface area contributed by atoms with Crippen molar-refractivity contribution in [3.63, 3.8) is 0 Å². The van der Waals surface area contributed by atoms with Gasteiger partial charge in [-0.1, -0.05) is 184 Å². The Kier molecular flexibility index (Phi) is 6.33. The molecule has 4 heteroatoms. The van der Waals surface area contributed by atoms with Gasteiger partial charge in [-0.25, -0.2) is 0 Å². The Hall–Kier alpha value is -7.95. The first kappa shape index (κ1) is 25.7. The van der Waals surface area contributed by atoms with E-state index < -0.39 is 72.5 Å². The van der Waals surface area contributed by atoms with Crippen molar-refractivity contribution < 1.29 is 28.5 Å². The molecule has 0 amide bonds. The molecule has 0 N–H and O–H groups in total. The van der Waals surface area contributed by atoms with Crippen molar-refractivity contribution >= 4 is 32.8 Å². The highest BCUT2D eigenvalue weighted by Gasteiger charge is 2.23. The molecule has 4 nitrogen and oxygen atoms in total. The van der Waals surface area contributed by atoms with E-state index >= 15 is 0 Å². The highest BCUT2D eigenvalue weighted by molar-refractivity contribution is 6.09. The molecule has 0 aliphatic heterocycles. The predicted octanol–water partition coefficient (Wildman–Crippen LogP) is 14.9. The van der Waals surface area contributed by atoms with Crippen LogP contribution in [0.5, 0.6) is 11.5 Å². The molecule has 302 valence electrons. The number of imidazole rings is 1. The molecule has 0 atom stereocenters. The molecule has 0 bridgehead atoms. The summed E-state index contributed by atoms with van der Waals surface area (Å²) in [4.78, 5) is 0. The first-order valence-electron chi connectivity index (χ1n) is 27.4. The van der Waals surface area contributed by atoms with Crippen molar-refractivity contribution in [2.45, 2.75) is 26.2 Å². The quantitative estimate of drug-likeness (QED) is 0.111. The fraction of sp³-hybridized carbons (Fsp3) is 0.0678. The summed E-state index contributed by atoms with van der Waals surface area (Å²) < 4.78 is 135. The Morgan fingerprint density at radius 3 is 1.86 bits per heavy atom. The number of ether oxygens (including phenoxy) is 1. The number of fused-ring (bicyclic) bond motifs is 4. The normalized spacial score (nSPS) is 14.8. The van der Waals surface area contributed by atoms with Crippen LogP contribution in [0.4, 0.5) is 0 Å². The van der Waals surface area contributed by atoms with E-state index in [-0.39, 0.29) is 62.1 Å². The molecular formula is C59H45N3O. The molecule has 11 rings (SSSR count). The lowest BCUT2D eigenvalue weighted by atomic mass is 9.87. The van der Waals surface area contributed by atoms with Gasteiger partial charge in [0.2, 0.25) is 0 Å². The van der Waals surface area contributed by atoms with Gasteiger partial charge in [0.1, 0.15) is 11.5 Å². The fourth-order valence-electron chi connectivity index (χ4n) is 8.33. The van der Waals surface area contributed by atoms with Gasteiger partial charge >= 0.3 is 0 Å². The van der Waals surface area contributed by atoms with Gasteiger partial charge < -0.3 is 9.30 Å². The number of rotatable bonds is 8. The predicted molar refractivity (Wildman–Crippen MR) is 260 cm³/mol. The number of nitrogens with zero attached hydrogens (tertiary/aromatic N) is 3. The average molecular weight is 826 g/mol. The van der Waals surface area contributed by atoms with E-state index in [1.54, 1.807) is 47.0 Å². The first-order chi connectivity index (χ1) is 36.7. The molecule has 63 heavy (non-hydrogen) atoms. The third-order valence-electron chi connectivity index (χ3n) is 11.2. The Morgan fingerprint density at radius 2 is 1.10 bits per heavy atom. The van der Waals surface area contributed by atoms with Crippen LogP contribution >= 0.6 is 0 Å². The van der Waals surface area contributed by atoms with Crippen molar-refractivity contribution in [2.24, 2.45) is 0 Å². The second kappa shape index (κ2) is 15.5. The average Bonchev–Trinajstić information content (AvgIpc) is 3.97. The zero-order valence-electron chi connectivity index (χ0n) is 48.5. The molecule has 0 radical (unpaired) electrons. The monoisotopic (exact) mass is 825 g/mol. The molecule has 0 unspecified atom stereocenters. The van der Waals surface area contributed by atoms with Gasteiger partial charge in [0.15, 0.2) is 0 Å². The Balaban J connectivity index is 1.17. The van der Waals surface area contributed by atoms with E-state index in [0.29, 0.717) is 22.7 Å². The van der Waals surface area contributed by atoms with Crippen LogP contribution in [-0.4, -0.2) is 9.13 Å². The Morgan fingerprint density at radius 1 is 0.492 bits per heavy atom. The van der Waals surface area contributed by atoms with Crippen molar-refractivity contribution in [3.8, 4) is 61.9 Å². The highest BCUT2D eigenvalue weighted by atomic mass is 16.5. The lowest BCUT2D eigenvalue weighted by molar-refractivity contribution is -0.570. The smallest absolute Gasteiger partial charge is 0.269 e. The molecule has 0 saturated heterocycles. The SMILES string of the molecule is [2H]c1cc(-c2cccc3c2[n+](-c2c(-c4c([2H])c([2H])c([2H])c([2H])c4[2H])cccc2-c2c([2H])c([2H])c([2H])c([2H])c2[2H])[c-]n3-c2cccc(Oc3ccc4c5ccccc5n(-c5cccc(C(C)(C)C)c5)c4c3)c2)c([2H])c([2H])c1[2H]. The maximum Gasteiger partial charge on any atom is 0.269 e. The van der Waals surface area contributed by atoms with E-state index in [2.05, 4.69) is 68.1 Å². The third kappa shape index (κ3) is 6.86. The van der Waals surface area contributed by atoms with E-state index in [1.165, 1.54) is 34.4 Å². The van der Waals surface area contributed by atoms with E-state index in [0.717, 1.165) is 27.5 Å². The van der Waals surface area contributed by atoms with Crippen molar-refractivity contribution in [2.75, 3.05) is 0 Å². The standard InChI is InChI=1S/C59H45N3O/c1-59(2,3)44-25-15-27-46(37-44)62-54-33-14-13-29-52(54)53-36-35-48(39-56(53)62)63-47-28-16-26-45(38-47)60-40-61(58-51(32-18-34-55(58)60)43-23-11-6-12-24-43)57-49(41-19-7-4-8-20-41)30-17-31-50(57)42-21-9-5-10-22-42/h4-39H,1-3H3/i4D,5D,6D,7D,8D,9D,10D,11D,12D,19D,20D,21D,22D,23D. The number of benzene rings is 9. The van der Waals surface area contributed by atoms with Gasteiger partial charge in [0, 0.05) is 22.5 Å². The van der Waals surface area contributed by atoms with Gasteiger partial charge in [0.05, 0.1) is 52.6 Å². The Labute approximate surface area is 387 Å². The van der Waals surface area contributed by atoms with Crippen LogP contribution in [0.2, 0.25) is 0 Å². The Bertz CT molecular complexity index is 4160. The van der Waals surface area contributed by atoms with Gasteiger partial charge in [-0.05, 0) is 92.9 Å². The molecule has 11 aromatic rings. The minimum atomic E-state index is -0.640. The maximum atomic E-state index is 9.18. The lowest BCUT2D eigenvalue weighted by Gasteiger charge is -2.20. The summed E-state index contributed by atoms with van der Waals surface area (Å²) in [5, 5.41) is 2.11. The summed E-state index contributed by atoms with van der Waals surface area (Å²) in [6.45, 7) is 6.55. The van der Waals surface area contributed by atoms with Gasteiger partial charge in [-0.2, -0.15) is 0 Å². The minimum absolute atomic E-state index is 0.00593. The van der Waals surface area contributed by atoms with Crippen LogP contribution in [0.15, 0.2) is 218 Å². The first-order valence-corrected chi connectivity index (χ1v) is 20.4. The number of para-hydroxylation sites is 3. The van der Waals surface area contributed by atoms with Gasteiger partial charge in [-0.3, -0.25) is 9.13 Å².